The van der Waals surface area contributed by atoms with Crippen LogP contribution in [0.1, 0.15) is 53.1 Å². The summed E-state index contributed by atoms with van der Waals surface area (Å²) in [7, 11) is 0.347. The van der Waals surface area contributed by atoms with Crippen molar-refractivity contribution in [2.75, 3.05) is 11.4 Å². The van der Waals surface area contributed by atoms with Gasteiger partial charge in [0.2, 0.25) is 0 Å². The largest absolute Gasteiger partial charge is 0.480 e. The first-order chi connectivity index (χ1) is 16.1. The molecule has 0 saturated heterocycles. The standard InChI is InChI=1S/C27H30N2O4S/c1-18-21(26-22(29(18)17-25(31)32)15-27(2,3)16-23(26)30)14-19-10-8-9-13-24(19)34(33)28(4)20-11-6-5-7-12-20/h5-13H,14-17H2,1-4H3,(H,31,32). The lowest BCUT2D eigenvalue weighted by molar-refractivity contribution is -0.137. The second-order valence-electron chi connectivity index (χ2n) is 9.67. The average Bonchev–Trinajstić information content (AvgIpc) is 3.03. The Morgan fingerprint density at radius 1 is 1.09 bits per heavy atom. The molecule has 7 heteroatoms. The van der Waals surface area contributed by atoms with Crippen LogP contribution in [0.4, 0.5) is 5.69 Å². The number of para-hydroxylation sites is 1. The van der Waals surface area contributed by atoms with Gasteiger partial charge in [-0.3, -0.25) is 13.9 Å². The Balaban J connectivity index is 1.78. The van der Waals surface area contributed by atoms with E-state index in [1.165, 1.54) is 0 Å². The molecule has 0 aliphatic heterocycles. The van der Waals surface area contributed by atoms with Gasteiger partial charge in [-0.2, -0.15) is 0 Å². The van der Waals surface area contributed by atoms with Gasteiger partial charge in [0.05, 0.1) is 4.90 Å². The summed E-state index contributed by atoms with van der Waals surface area (Å²) in [6.45, 7) is 5.78. The number of carbonyl (C=O) groups excluding carboxylic acids is 1. The normalized spacial score (nSPS) is 15.6. The van der Waals surface area contributed by atoms with Gasteiger partial charge in [-0.05, 0) is 48.1 Å². The van der Waals surface area contributed by atoms with Gasteiger partial charge in [-0.25, -0.2) is 4.21 Å². The van der Waals surface area contributed by atoms with Crippen molar-refractivity contribution in [1.82, 2.24) is 4.57 Å². The minimum absolute atomic E-state index is 0.0495. The lowest BCUT2D eigenvalue weighted by Gasteiger charge is -2.30. The van der Waals surface area contributed by atoms with Crippen LogP contribution in [0.15, 0.2) is 59.5 Å². The molecule has 178 valence electrons. The third-order valence-corrected chi connectivity index (χ3v) is 7.99. The fraction of sp³-hybridized carbons (Fsp3) is 0.333. The number of nitrogens with zero attached hydrogens (tertiary/aromatic N) is 2. The molecule has 0 bridgehead atoms. The predicted octanol–water partition coefficient (Wildman–Crippen LogP) is 4.79. The van der Waals surface area contributed by atoms with E-state index in [1.54, 1.807) is 15.9 Å². The van der Waals surface area contributed by atoms with E-state index in [9.17, 15) is 18.9 Å². The third kappa shape index (κ3) is 4.57. The first-order valence-electron chi connectivity index (χ1n) is 11.3. The number of fused-ring (bicyclic) bond motifs is 1. The first-order valence-corrected chi connectivity index (χ1v) is 12.4. The highest BCUT2D eigenvalue weighted by atomic mass is 32.2. The van der Waals surface area contributed by atoms with E-state index in [-0.39, 0.29) is 17.7 Å². The number of Topliss-reactive ketones (excluding diaryl/α,β-unsaturated/α-hetero) is 1. The molecule has 1 N–H and O–H groups in total. The molecule has 34 heavy (non-hydrogen) atoms. The van der Waals surface area contributed by atoms with Gasteiger partial charge in [0.25, 0.3) is 0 Å². The van der Waals surface area contributed by atoms with Crippen LogP contribution in [0.3, 0.4) is 0 Å². The molecule has 1 aliphatic rings. The number of anilines is 1. The van der Waals surface area contributed by atoms with Gasteiger partial charge in [0.15, 0.2) is 16.8 Å². The Morgan fingerprint density at radius 3 is 2.41 bits per heavy atom. The summed E-state index contributed by atoms with van der Waals surface area (Å²) >= 11 is 0. The number of aromatic nitrogens is 1. The second-order valence-corrected chi connectivity index (χ2v) is 11.2. The minimum Gasteiger partial charge on any atom is -0.480 e. The van der Waals surface area contributed by atoms with Crippen LogP contribution >= 0.6 is 0 Å². The Bertz CT molecular complexity index is 1280. The van der Waals surface area contributed by atoms with E-state index in [0.717, 1.165) is 28.2 Å². The van der Waals surface area contributed by atoms with E-state index in [1.807, 2.05) is 75.4 Å². The molecule has 0 amide bonds. The number of hydrogen-bond acceptors (Lipinski definition) is 3. The van der Waals surface area contributed by atoms with Gasteiger partial charge in [0.1, 0.15) is 6.54 Å². The molecule has 4 rings (SSSR count). The van der Waals surface area contributed by atoms with Crippen molar-refractivity contribution in [2.45, 2.75) is 51.5 Å². The molecule has 1 aromatic heterocycles. The van der Waals surface area contributed by atoms with Crippen LogP contribution < -0.4 is 4.31 Å². The Kier molecular flexibility index (Phi) is 6.49. The van der Waals surface area contributed by atoms with Gasteiger partial charge in [-0.15, -0.1) is 0 Å². The van der Waals surface area contributed by atoms with E-state index in [0.29, 0.717) is 29.7 Å². The highest BCUT2D eigenvalue weighted by molar-refractivity contribution is 7.86. The molecule has 1 aliphatic carbocycles. The van der Waals surface area contributed by atoms with Gasteiger partial charge in [0, 0.05) is 42.5 Å². The number of hydrogen-bond donors (Lipinski definition) is 1. The zero-order chi connectivity index (χ0) is 24.6. The topological polar surface area (TPSA) is 79.6 Å². The molecule has 0 saturated carbocycles. The van der Waals surface area contributed by atoms with Crippen molar-refractivity contribution in [3.05, 3.63) is 82.7 Å². The molecule has 1 atom stereocenters. The van der Waals surface area contributed by atoms with E-state index >= 15 is 0 Å². The highest BCUT2D eigenvalue weighted by Gasteiger charge is 2.37. The molecular formula is C27H30N2O4S. The SMILES string of the molecule is Cc1c(Cc2ccccc2S(=O)N(C)c2ccccc2)c2c(n1CC(=O)O)CC(C)(C)CC2=O. The number of carboxylic acids is 1. The summed E-state index contributed by atoms with van der Waals surface area (Å²) in [6, 6.07) is 17.1. The average molecular weight is 479 g/mol. The van der Waals surface area contributed by atoms with Crippen molar-refractivity contribution in [2.24, 2.45) is 5.41 Å². The summed E-state index contributed by atoms with van der Waals surface area (Å²) < 4.78 is 17.0. The molecule has 0 spiro atoms. The van der Waals surface area contributed by atoms with Crippen molar-refractivity contribution >= 4 is 28.4 Å². The van der Waals surface area contributed by atoms with Crippen molar-refractivity contribution in [3.8, 4) is 0 Å². The van der Waals surface area contributed by atoms with Crippen LogP contribution in [-0.2, 0) is 35.2 Å². The van der Waals surface area contributed by atoms with Crippen LogP contribution in [0.25, 0.3) is 0 Å². The van der Waals surface area contributed by atoms with Gasteiger partial charge in [-0.1, -0.05) is 50.2 Å². The van der Waals surface area contributed by atoms with Crippen LogP contribution in [-0.4, -0.2) is 32.7 Å². The number of carboxylic acid groups (broad SMARTS) is 1. The number of aliphatic carboxylic acids is 1. The molecule has 0 fully saturated rings. The predicted molar refractivity (Wildman–Crippen MR) is 134 cm³/mol. The first kappa shape index (κ1) is 24.0. The van der Waals surface area contributed by atoms with E-state index in [2.05, 4.69) is 0 Å². The van der Waals surface area contributed by atoms with Gasteiger partial charge >= 0.3 is 5.97 Å². The van der Waals surface area contributed by atoms with Crippen LogP contribution in [0.5, 0.6) is 0 Å². The van der Waals surface area contributed by atoms with Crippen molar-refractivity contribution in [3.63, 3.8) is 0 Å². The van der Waals surface area contributed by atoms with Gasteiger partial charge < -0.3 is 9.67 Å². The molecule has 1 unspecified atom stereocenters. The molecule has 0 radical (unpaired) electrons. The van der Waals surface area contributed by atoms with Crippen molar-refractivity contribution < 1.29 is 18.9 Å². The minimum atomic E-state index is -1.45. The van der Waals surface area contributed by atoms with Crippen LogP contribution in [0, 0.1) is 12.3 Å². The second kappa shape index (κ2) is 9.22. The molecule has 2 aromatic carbocycles. The lowest BCUT2D eigenvalue weighted by atomic mass is 9.75. The van der Waals surface area contributed by atoms with Crippen molar-refractivity contribution in [1.29, 1.82) is 0 Å². The molecular weight excluding hydrogens is 448 g/mol. The monoisotopic (exact) mass is 478 g/mol. The Hall–Kier alpha value is -3.19. The maximum absolute atomic E-state index is 13.5. The quantitative estimate of drug-likeness (QED) is 0.530. The fourth-order valence-corrected chi connectivity index (χ4v) is 6.03. The third-order valence-electron chi connectivity index (χ3n) is 6.51. The number of rotatable bonds is 7. The number of carbonyl (C=O) groups is 2. The summed E-state index contributed by atoms with van der Waals surface area (Å²) in [4.78, 5) is 25.5. The van der Waals surface area contributed by atoms with E-state index < -0.39 is 17.0 Å². The number of ketones is 1. The molecule has 6 nitrogen and oxygen atoms in total. The maximum atomic E-state index is 13.5. The smallest absolute Gasteiger partial charge is 0.323 e. The summed E-state index contributed by atoms with van der Waals surface area (Å²) in [5.41, 5.74) is 4.55. The summed E-state index contributed by atoms with van der Waals surface area (Å²) in [5, 5.41) is 9.52. The van der Waals surface area contributed by atoms with E-state index in [4.69, 9.17) is 0 Å². The number of benzene rings is 2. The zero-order valence-electron chi connectivity index (χ0n) is 20.0. The Labute approximate surface area is 202 Å². The summed E-state index contributed by atoms with van der Waals surface area (Å²) in [6.07, 6.45) is 1.48. The summed E-state index contributed by atoms with van der Waals surface area (Å²) in [5.74, 6) is -0.886. The fourth-order valence-electron chi connectivity index (χ4n) is 4.86. The highest BCUT2D eigenvalue weighted by Crippen LogP contribution is 2.39. The molecule has 1 heterocycles. The Morgan fingerprint density at radius 2 is 1.74 bits per heavy atom. The maximum Gasteiger partial charge on any atom is 0.323 e. The zero-order valence-corrected chi connectivity index (χ0v) is 20.8. The van der Waals surface area contributed by atoms with Crippen LogP contribution in [0.2, 0.25) is 0 Å². The molecule has 3 aromatic rings. The lowest BCUT2D eigenvalue weighted by Crippen LogP contribution is -2.29.